The second-order valence-corrected chi connectivity index (χ2v) is 6.26. The van der Waals surface area contributed by atoms with Crippen molar-refractivity contribution < 1.29 is 27.8 Å². The van der Waals surface area contributed by atoms with Gasteiger partial charge in [0.1, 0.15) is 5.75 Å². The summed E-state index contributed by atoms with van der Waals surface area (Å²) < 4.78 is 40.3. The number of aliphatic hydroxyl groups excluding tert-OH is 1. The standard InChI is InChI=1S/C19H18F3NO3/c20-19(21,22)26-15-8-4-12(5-9-15)10-18(25)23-17-3-1-2-13-6-7-14(24)11-16(13)17/h1-5,8-9,14,24H,6-7,10-11H2,(H,23,25)/t14-/m1/s1. The number of amides is 1. The van der Waals surface area contributed by atoms with Gasteiger partial charge in [-0.05, 0) is 47.7 Å². The Kier molecular flexibility index (Phi) is 5.18. The first-order valence-electron chi connectivity index (χ1n) is 8.23. The first-order valence-corrected chi connectivity index (χ1v) is 8.23. The summed E-state index contributed by atoms with van der Waals surface area (Å²) in [6.07, 6.45) is -3.16. The zero-order valence-electron chi connectivity index (χ0n) is 13.8. The van der Waals surface area contributed by atoms with Gasteiger partial charge in [0.15, 0.2) is 0 Å². The maximum atomic E-state index is 12.3. The number of fused-ring (bicyclic) bond motifs is 1. The monoisotopic (exact) mass is 365 g/mol. The van der Waals surface area contributed by atoms with Crippen LogP contribution in [0.4, 0.5) is 18.9 Å². The van der Waals surface area contributed by atoms with Gasteiger partial charge in [0, 0.05) is 12.1 Å². The third-order valence-electron chi connectivity index (χ3n) is 4.26. The van der Waals surface area contributed by atoms with Crippen LogP contribution in [-0.4, -0.2) is 23.5 Å². The quantitative estimate of drug-likeness (QED) is 0.870. The molecule has 0 saturated heterocycles. The van der Waals surface area contributed by atoms with E-state index in [0.29, 0.717) is 24.1 Å². The summed E-state index contributed by atoms with van der Waals surface area (Å²) in [5, 5.41) is 12.7. The van der Waals surface area contributed by atoms with Crippen LogP contribution in [0.3, 0.4) is 0 Å². The van der Waals surface area contributed by atoms with Gasteiger partial charge >= 0.3 is 6.36 Å². The summed E-state index contributed by atoms with van der Waals surface area (Å²) in [5.41, 5.74) is 3.29. The van der Waals surface area contributed by atoms with Crippen molar-refractivity contribution in [2.24, 2.45) is 0 Å². The number of hydrogen-bond donors (Lipinski definition) is 2. The van der Waals surface area contributed by atoms with Gasteiger partial charge in [-0.2, -0.15) is 0 Å². The second-order valence-electron chi connectivity index (χ2n) is 6.26. The minimum Gasteiger partial charge on any atom is -0.406 e. The Balaban J connectivity index is 1.65. The number of ether oxygens (including phenoxy) is 1. The van der Waals surface area contributed by atoms with E-state index in [0.717, 1.165) is 17.5 Å². The molecule has 0 bridgehead atoms. The van der Waals surface area contributed by atoms with E-state index < -0.39 is 12.5 Å². The van der Waals surface area contributed by atoms with Crippen LogP contribution in [0.1, 0.15) is 23.1 Å². The van der Waals surface area contributed by atoms with Crippen molar-refractivity contribution in [3.8, 4) is 5.75 Å². The van der Waals surface area contributed by atoms with Crippen molar-refractivity contribution in [2.45, 2.75) is 38.1 Å². The lowest BCUT2D eigenvalue weighted by Crippen LogP contribution is -2.22. The number of aliphatic hydroxyl groups is 1. The number of carbonyl (C=O) groups is 1. The molecule has 0 aromatic heterocycles. The molecule has 0 heterocycles. The van der Waals surface area contributed by atoms with E-state index in [-0.39, 0.29) is 18.1 Å². The molecule has 1 atom stereocenters. The highest BCUT2D eigenvalue weighted by Crippen LogP contribution is 2.28. The zero-order chi connectivity index (χ0) is 18.7. The average Bonchev–Trinajstić information content (AvgIpc) is 2.56. The molecule has 0 radical (unpaired) electrons. The molecule has 2 N–H and O–H groups in total. The lowest BCUT2D eigenvalue weighted by atomic mass is 9.88. The van der Waals surface area contributed by atoms with Crippen molar-refractivity contribution >= 4 is 11.6 Å². The zero-order valence-corrected chi connectivity index (χ0v) is 13.8. The fraction of sp³-hybridized carbons (Fsp3) is 0.316. The van der Waals surface area contributed by atoms with Crippen molar-refractivity contribution in [2.75, 3.05) is 5.32 Å². The molecular weight excluding hydrogens is 347 g/mol. The molecule has 1 amide bonds. The number of carbonyl (C=O) groups excluding carboxylic acids is 1. The molecule has 1 aliphatic rings. The highest BCUT2D eigenvalue weighted by Gasteiger charge is 2.31. The summed E-state index contributed by atoms with van der Waals surface area (Å²) in [6, 6.07) is 10.8. The number of nitrogens with one attached hydrogen (secondary N) is 1. The van der Waals surface area contributed by atoms with Gasteiger partial charge in [0.05, 0.1) is 12.5 Å². The molecule has 0 spiro atoms. The Morgan fingerprint density at radius 1 is 1.19 bits per heavy atom. The molecule has 3 rings (SSSR count). The van der Waals surface area contributed by atoms with Crippen LogP contribution < -0.4 is 10.1 Å². The molecule has 26 heavy (non-hydrogen) atoms. The SMILES string of the molecule is O=C(Cc1ccc(OC(F)(F)F)cc1)Nc1cccc2c1C[C@H](O)CC2. The lowest BCUT2D eigenvalue weighted by molar-refractivity contribution is -0.274. The summed E-state index contributed by atoms with van der Waals surface area (Å²) >= 11 is 0. The largest absolute Gasteiger partial charge is 0.573 e. The van der Waals surface area contributed by atoms with E-state index in [2.05, 4.69) is 10.1 Å². The number of aryl methyl sites for hydroxylation is 1. The van der Waals surface area contributed by atoms with E-state index in [1.54, 1.807) is 6.07 Å². The second kappa shape index (κ2) is 7.37. The van der Waals surface area contributed by atoms with Crippen molar-refractivity contribution in [1.29, 1.82) is 0 Å². The number of halogens is 3. The molecule has 0 fully saturated rings. The molecule has 2 aromatic rings. The molecule has 0 saturated carbocycles. The van der Waals surface area contributed by atoms with Crippen LogP contribution in [0, 0.1) is 0 Å². The van der Waals surface area contributed by atoms with Gasteiger partial charge in [-0.3, -0.25) is 4.79 Å². The van der Waals surface area contributed by atoms with Crippen LogP contribution >= 0.6 is 0 Å². The minimum atomic E-state index is -4.74. The van der Waals surface area contributed by atoms with Crippen LogP contribution in [0.2, 0.25) is 0 Å². The van der Waals surface area contributed by atoms with Crippen molar-refractivity contribution in [1.82, 2.24) is 0 Å². The van der Waals surface area contributed by atoms with E-state index in [1.807, 2.05) is 12.1 Å². The molecule has 138 valence electrons. The molecule has 1 aliphatic carbocycles. The Bertz CT molecular complexity index is 788. The average molecular weight is 365 g/mol. The van der Waals surface area contributed by atoms with Gasteiger partial charge in [-0.15, -0.1) is 13.2 Å². The summed E-state index contributed by atoms with van der Waals surface area (Å²) in [6.45, 7) is 0. The van der Waals surface area contributed by atoms with E-state index in [9.17, 15) is 23.1 Å². The fourth-order valence-corrected chi connectivity index (χ4v) is 3.08. The Labute approximate surface area is 148 Å². The summed E-state index contributed by atoms with van der Waals surface area (Å²) in [5.74, 6) is -0.601. The van der Waals surface area contributed by atoms with Gasteiger partial charge in [0.25, 0.3) is 0 Å². The van der Waals surface area contributed by atoms with Crippen molar-refractivity contribution in [3.05, 3.63) is 59.2 Å². The Morgan fingerprint density at radius 2 is 1.92 bits per heavy atom. The smallest absolute Gasteiger partial charge is 0.406 e. The first-order chi connectivity index (χ1) is 12.3. The molecule has 0 aliphatic heterocycles. The van der Waals surface area contributed by atoms with Crippen LogP contribution in [0.25, 0.3) is 0 Å². The molecule has 0 unspecified atom stereocenters. The minimum absolute atomic E-state index is 0.0263. The van der Waals surface area contributed by atoms with E-state index >= 15 is 0 Å². The number of anilines is 1. The third kappa shape index (κ3) is 4.76. The number of alkyl halides is 3. The van der Waals surface area contributed by atoms with Crippen molar-refractivity contribution in [3.63, 3.8) is 0 Å². The van der Waals surface area contributed by atoms with Crippen LogP contribution in [0.5, 0.6) is 5.75 Å². The Hall–Kier alpha value is -2.54. The molecule has 4 nitrogen and oxygen atoms in total. The number of hydrogen-bond acceptors (Lipinski definition) is 3. The van der Waals surface area contributed by atoms with Gasteiger partial charge in [-0.1, -0.05) is 24.3 Å². The summed E-state index contributed by atoms with van der Waals surface area (Å²) in [7, 11) is 0. The maximum absolute atomic E-state index is 12.3. The highest BCUT2D eigenvalue weighted by molar-refractivity contribution is 5.93. The van der Waals surface area contributed by atoms with Gasteiger partial charge in [0.2, 0.25) is 5.91 Å². The third-order valence-corrected chi connectivity index (χ3v) is 4.26. The van der Waals surface area contributed by atoms with Gasteiger partial charge in [-0.25, -0.2) is 0 Å². The predicted molar refractivity (Wildman–Crippen MR) is 89.9 cm³/mol. The molecule has 7 heteroatoms. The van der Waals surface area contributed by atoms with Gasteiger partial charge < -0.3 is 15.2 Å². The lowest BCUT2D eigenvalue weighted by Gasteiger charge is -2.23. The topological polar surface area (TPSA) is 58.6 Å². The van der Waals surface area contributed by atoms with E-state index in [1.165, 1.54) is 24.3 Å². The first kappa shape index (κ1) is 18.3. The van der Waals surface area contributed by atoms with E-state index in [4.69, 9.17) is 0 Å². The predicted octanol–water partition coefficient (Wildman–Crippen LogP) is 3.62. The highest BCUT2D eigenvalue weighted by atomic mass is 19.4. The van der Waals surface area contributed by atoms with Crippen LogP contribution in [0.15, 0.2) is 42.5 Å². The molecular formula is C19H18F3NO3. The fourth-order valence-electron chi connectivity index (χ4n) is 3.08. The summed E-state index contributed by atoms with van der Waals surface area (Å²) in [4.78, 5) is 12.3. The Morgan fingerprint density at radius 3 is 2.62 bits per heavy atom. The molecule has 2 aromatic carbocycles. The van der Waals surface area contributed by atoms with Crippen LogP contribution in [-0.2, 0) is 24.1 Å². The number of benzene rings is 2. The number of rotatable bonds is 4. The maximum Gasteiger partial charge on any atom is 0.573 e. The normalized spacial score (nSPS) is 16.7.